The van der Waals surface area contributed by atoms with Gasteiger partial charge in [-0.25, -0.2) is 8.78 Å². The number of rotatable bonds is 2. The lowest BCUT2D eigenvalue weighted by Gasteiger charge is -2.08. The smallest absolute Gasteiger partial charge is 0.296 e. The van der Waals surface area contributed by atoms with Crippen LogP contribution in [-0.2, 0) is 10.1 Å². The zero-order valence-corrected chi connectivity index (χ0v) is 7.50. The highest BCUT2D eigenvalue weighted by atomic mass is 32.2. The molecular weight excluding hydrogens is 218 g/mol. The Morgan fingerprint density at radius 3 is 2.36 bits per heavy atom. The molecule has 0 aliphatic carbocycles. The van der Waals surface area contributed by atoms with E-state index in [1.165, 1.54) is 0 Å². The summed E-state index contributed by atoms with van der Waals surface area (Å²) < 4.78 is 54.6. The Hall–Kier alpha value is -1.05. The van der Waals surface area contributed by atoms with E-state index in [0.717, 1.165) is 6.07 Å². The van der Waals surface area contributed by atoms with Crippen LogP contribution in [0.25, 0.3) is 0 Å². The van der Waals surface area contributed by atoms with E-state index < -0.39 is 32.8 Å². The molecule has 0 spiro atoms. The Morgan fingerprint density at radius 1 is 1.29 bits per heavy atom. The third kappa shape index (κ3) is 2.25. The average Bonchev–Trinajstić information content (AvgIpc) is 2.06. The monoisotopic (exact) mass is 224 g/mol. The zero-order chi connectivity index (χ0) is 10.9. The molecule has 0 fully saturated rings. The van der Waals surface area contributed by atoms with E-state index in [-0.39, 0.29) is 0 Å². The summed E-state index contributed by atoms with van der Waals surface area (Å²) in [5.74, 6) is -2.03. The molecule has 1 unspecified atom stereocenters. The van der Waals surface area contributed by atoms with Gasteiger partial charge < -0.3 is 5.11 Å². The van der Waals surface area contributed by atoms with E-state index in [9.17, 15) is 17.2 Å². The van der Waals surface area contributed by atoms with Crippen molar-refractivity contribution >= 4 is 10.1 Å². The first-order chi connectivity index (χ1) is 6.32. The van der Waals surface area contributed by atoms with Gasteiger partial charge in [-0.3, -0.25) is 4.55 Å². The van der Waals surface area contributed by atoms with E-state index >= 15 is 0 Å². The van der Waals surface area contributed by atoms with Crippen molar-refractivity contribution in [1.29, 1.82) is 0 Å². The van der Waals surface area contributed by atoms with Gasteiger partial charge in [0.2, 0.25) is 5.44 Å². The molecule has 0 radical (unpaired) electrons. The first kappa shape index (κ1) is 11.0. The molecule has 0 saturated heterocycles. The second-order valence-corrected chi connectivity index (χ2v) is 4.01. The topological polar surface area (TPSA) is 74.6 Å². The molecule has 0 saturated carbocycles. The standard InChI is InChI=1S/C7H6F2O4S/c8-4-1-2-6(9)5(3-4)7(10)14(11,12)13/h1-3,7,10H,(H,11,12,13). The molecule has 4 nitrogen and oxygen atoms in total. The van der Waals surface area contributed by atoms with Gasteiger partial charge in [0.25, 0.3) is 10.1 Å². The van der Waals surface area contributed by atoms with Crippen LogP contribution in [0.15, 0.2) is 18.2 Å². The van der Waals surface area contributed by atoms with Crippen LogP contribution in [0.2, 0.25) is 0 Å². The summed E-state index contributed by atoms with van der Waals surface area (Å²) in [7, 11) is -4.85. The van der Waals surface area contributed by atoms with Gasteiger partial charge in [-0.1, -0.05) is 0 Å². The molecule has 0 amide bonds. The quantitative estimate of drug-likeness (QED) is 0.730. The normalized spacial score (nSPS) is 14.0. The van der Waals surface area contributed by atoms with E-state index in [1.807, 2.05) is 0 Å². The summed E-state index contributed by atoms with van der Waals surface area (Å²) in [6, 6.07) is 1.91. The van der Waals surface area contributed by atoms with Gasteiger partial charge in [-0.05, 0) is 18.2 Å². The average molecular weight is 224 g/mol. The second kappa shape index (κ2) is 3.60. The molecule has 2 N–H and O–H groups in total. The third-order valence-corrected chi connectivity index (χ3v) is 2.32. The van der Waals surface area contributed by atoms with Gasteiger partial charge in [-0.2, -0.15) is 8.42 Å². The van der Waals surface area contributed by atoms with Crippen molar-refractivity contribution < 1.29 is 26.9 Å². The lowest BCUT2D eigenvalue weighted by molar-refractivity contribution is 0.233. The maximum Gasteiger partial charge on any atom is 0.296 e. The van der Waals surface area contributed by atoms with Crippen molar-refractivity contribution in [2.24, 2.45) is 0 Å². The van der Waals surface area contributed by atoms with E-state index in [2.05, 4.69) is 0 Å². The van der Waals surface area contributed by atoms with Gasteiger partial charge in [-0.15, -0.1) is 0 Å². The van der Waals surface area contributed by atoms with Crippen LogP contribution in [-0.4, -0.2) is 18.1 Å². The molecular formula is C7H6F2O4S. The van der Waals surface area contributed by atoms with Gasteiger partial charge in [0.1, 0.15) is 11.6 Å². The number of aliphatic hydroxyl groups is 1. The molecule has 0 aromatic heterocycles. The van der Waals surface area contributed by atoms with E-state index in [1.54, 1.807) is 0 Å². The van der Waals surface area contributed by atoms with Crippen LogP contribution in [0.1, 0.15) is 11.0 Å². The van der Waals surface area contributed by atoms with Crippen molar-refractivity contribution in [3.8, 4) is 0 Å². The summed E-state index contributed by atoms with van der Waals surface area (Å²) in [5, 5.41) is 8.92. The van der Waals surface area contributed by atoms with Crippen LogP contribution < -0.4 is 0 Å². The molecule has 0 heterocycles. The first-order valence-electron chi connectivity index (χ1n) is 3.41. The maximum absolute atomic E-state index is 12.8. The molecule has 1 aromatic rings. The Morgan fingerprint density at radius 2 is 1.86 bits per heavy atom. The number of hydrogen-bond acceptors (Lipinski definition) is 3. The van der Waals surface area contributed by atoms with Crippen molar-refractivity contribution in [1.82, 2.24) is 0 Å². The Balaban J connectivity index is 3.26. The minimum atomic E-state index is -4.85. The van der Waals surface area contributed by atoms with Crippen LogP contribution in [0.5, 0.6) is 0 Å². The van der Waals surface area contributed by atoms with Gasteiger partial charge in [0.05, 0.1) is 0 Å². The second-order valence-electron chi connectivity index (χ2n) is 2.53. The van der Waals surface area contributed by atoms with Crippen LogP contribution in [0.4, 0.5) is 8.78 Å². The molecule has 1 aromatic carbocycles. The molecule has 1 rings (SSSR count). The fourth-order valence-electron chi connectivity index (χ4n) is 0.864. The fourth-order valence-corrected chi connectivity index (χ4v) is 1.37. The van der Waals surface area contributed by atoms with Crippen molar-refractivity contribution in [2.75, 3.05) is 0 Å². The zero-order valence-electron chi connectivity index (χ0n) is 6.68. The molecule has 1 atom stereocenters. The van der Waals surface area contributed by atoms with E-state index in [4.69, 9.17) is 9.66 Å². The van der Waals surface area contributed by atoms with Gasteiger partial charge in [0, 0.05) is 5.56 Å². The van der Waals surface area contributed by atoms with Crippen molar-refractivity contribution in [3.63, 3.8) is 0 Å². The number of benzene rings is 1. The molecule has 7 heteroatoms. The lowest BCUT2D eigenvalue weighted by Crippen LogP contribution is -2.13. The predicted octanol–water partition coefficient (Wildman–Crippen LogP) is 0.844. The fraction of sp³-hybridized carbons (Fsp3) is 0.143. The minimum Gasteiger partial charge on any atom is -0.371 e. The summed E-state index contributed by atoms with van der Waals surface area (Å²) in [6.45, 7) is 0. The molecule has 0 aliphatic rings. The highest BCUT2D eigenvalue weighted by molar-refractivity contribution is 7.85. The number of hydrogen-bond donors (Lipinski definition) is 2. The SMILES string of the molecule is O=S(=O)(O)C(O)c1cc(F)ccc1F. The van der Waals surface area contributed by atoms with Crippen molar-refractivity contribution in [2.45, 2.75) is 5.44 Å². The minimum absolute atomic E-state index is 0.494. The number of aliphatic hydroxyl groups excluding tert-OH is 1. The van der Waals surface area contributed by atoms with E-state index in [0.29, 0.717) is 12.1 Å². The largest absolute Gasteiger partial charge is 0.371 e. The summed E-state index contributed by atoms with van der Waals surface area (Å²) >= 11 is 0. The van der Waals surface area contributed by atoms with Crippen LogP contribution in [0, 0.1) is 11.6 Å². The van der Waals surface area contributed by atoms with Gasteiger partial charge in [0.15, 0.2) is 0 Å². The molecule has 14 heavy (non-hydrogen) atoms. The molecule has 0 bridgehead atoms. The van der Waals surface area contributed by atoms with Crippen LogP contribution in [0.3, 0.4) is 0 Å². The maximum atomic E-state index is 12.8. The van der Waals surface area contributed by atoms with Gasteiger partial charge >= 0.3 is 0 Å². The summed E-state index contributed by atoms with van der Waals surface area (Å²) in [5.41, 5.74) is -3.30. The summed E-state index contributed by atoms with van der Waals surface area (Å²) in [6.07, 6.45) is 0. The highest BCUT2D eigenvalue weighted by Gasteiger charge is 2.25. The highest BCUT2D eigenvalue weighted by Crippen LogP contribution is 2.21. The Bertz CT molecular complexity index is 443. The predicted molar refractivity (Wildman–Crippen MR) is 42.9 cm³/mol. The molecule has 0 aliphatic heterocycles. The Kier molecular flexibility index (Phi) is 2.84. The first-order valence-corrected chi connectivity index (χ1v) is 4.92. The Labute approximate surface area is 78.6 Å². The number of halogens is 2. The summed E-state index contributed by atoms with van der Waals surface area (Å²) in [4.78, 5) is 0. The lowest BCUT2D eigenvalue weighted by atomic mass is 10.2. The third-order valence-electron chi connectivity index (χ3n) is 1.51. The molecule has 78 valence electrons. The van der Waals surface area contributed by atoms with Crippen LogP contribution >= 0.6 is 0 Å². The van der Waals surface area contributed by atoms with Crippen molar-refractivity contribution in [3.05, 3.63) is 35.4 Å².